The van der Waals surface area contributed by atoms with Gasteiger partial charge in [0.05, 0.1) is 11.9 Å². The van der Waals surface area contributed by atoms with Gasteiger partial charge in [-0.25, -0.2) is 4.98 Å². The summed E-state index contributed by atoms with van der Waals surface area (Å²) in [7, 11) is -3.89. The molecule has 2 aromatic rings. The van der Waals surface area contributed by atoms with E-state index in [-0.39, 0.29) is 27.4 Å². The molecule has 0 spiro atoms. The number of nitrogens with one attached hydrogen (secondary N) is 1. The van der Waals surface area contributed by atoms with E-state index in [2.05, 4.69) is 9.71 Å². The molecule has 0 atom stereocenters. The topological polar surface area (TPSA) is 106 Å². The molecule has 7 nitrogen and oxygen atoms in total. The number of aromatic nitrogens is 1. The van der Waals surface area contributed by atoms with Crippen LogP contribution in [0.15, 0.2) is 46.4 Å². The fraction of sp³-hybridized carbons (Fsp3) is 0.154. The molecule has 2 rings (SSSR count). The normalized spacial score (nSPS) is 11.1. The van der Waals surface area contributed by atoms with Crippen LogP contribution in [-0.4, -0.2) is 30.1 Å². The van der Waals surface area contributed by atoms with Crippen molar-refractivity contribution in [1.82, 2.24) is 4.98 Å². The Labute approximate surface area is 131 Å². The van der Waals surface area contributed by atoms with Gasteiger partial charge in [-0.2, -0.15) is 8.42 Å². The Hall–Kier alpha value is -2.13. The second kappa shape index (κ2) is 6.75. The van der Waals surface area contributed by atoms with Gasteiger partial charge in [0.25, 0.3) is 15.1 Å². The molecule has 0 aliphatic heterocycles. The lowest BCUT2D eigenvalue weighted by Crippen LogP contribution is -2.13. The van der Waals surface area contributed by atoms with Crippen molar-refractivity contribution in [1.29, 1.82) is 0 Å². The van der Waals surface area contributed by atoms with Gasteiger partial charge in [0.2, 0.25) is 0 Å². The van der Waals surface area contributed by atoms with Gasteiger partial charge in [0.15, 0.2) is 17.3 Å². The summed E-state index contributed by atoms with van der Waals surface area (Å²) in [6.07, 6.45) is 2.08. The van der Waals surface area contributed by atoms with E-state index in [1.54, 1.807) is 12.1 Å². The molecule has 0 aliphatic rings. The van der Waals surface area contributed by atoms with Crippen molar-refractivity contribution in [3.63, 3.8) is 0 Å². The molecule has 1 heterocycles. The maximum absolute atomic E-state index is 12.0. The Kier molecular flexibility index (Phi) is 4.99. The standard InChI is InChI=1S/C13H12N2O5S2/c1-9(16)21-7-12(17)10-3-2-4-11(5-10)15-22(18,19)13-6-14-8-20-13/h2-6,8,15H,7H2,1H3. The van der Waals surface area contributed by atoms with Gasteiger partial charge in [-0.05, 0) is 12.1 Å². The number of anilines is 1. The Balaban J connectivity index is 2.15. The number of Topliss-reactive ketones (excluding diaryl/α,β-unsaturated/α-hetero) is 1. The van der Waals surface area contributed by atoms with Crippen molar-refractivity contribution in [3.8, 4) is 0 Å². The van der Waals surface area contributed by atoms with Crippen LogP contribution in [0.5, 0.6) is 0 Å². The zero-order valence-corrected chi connectivity index (χ0v) is 13.1. The molecule has 1 N–H and O–H groups in total. The summed E-state index contributed by atoms with van der Waals surface area (Å²) in [4.78, 5) is 26.3. The summed E-state index contributed by atoms with van der Waals surface area (Å²) in [6.45, 7) is 1.37. The van der Waals surface area contributed by atoms with Crippen molar-refractivity contribution < 1.29 is 22.4 Å². The Bertz CT molecular complexity index is 785. The molecule has 1 aromatic heterocycles. The van der Waals surface area contributed by atoms with Crippen LogP contribution in [0.3, 0.4) is 0 Å². The minimum Gasteiger partial charge on any atom is -0.430 e. The fourth-order valence-corrected chi connectivity index (χ4v) is 2.96. The Morgan fingerprint density at radius 3 is 2.77 bits per heavy atom. The third-order valence-corrected chi connectivity index (χ3v) is 4.57. The van der Waals surface area contributed by atoms with Crippen LogP contribution in [0.25, 0.3) is 0 Å². The monoisotopic (exact) mass is 340 g/mol. The summed E-state index contributed by atoms with van der Waals surface area (Å²) in [5, 5.41) is -0.480. The van der Waals surface area contributed by atoms with E-state index < -0.39 is 10.0 Å². The molecule has 0 aliphatic carbocycles. The molecule has 116 valence electrons. The first-order valence-corrected chi connectivity index (χ1v) is 8.53. The highest BCUT2D eigenvalue weighted by atomic mass is 32.2. The molecule has 22 heavy (non-hydrogen) atoms. The number of rotatable bonds is 6. The number of carbonyl (C=O) groups excluding carboxylic acids is 2. The van der Waals surface area contributed by atoms with Crippen LogP contribution in [0.1, 0.15) is 17.3 Å². The van der Waals surface area contributed by atoms with Crippen LogP contribution >= 0.6 is 11.8 Å². The summed E-state index contributed by atoms with van der Waals surface area (Å²) in [5.41, 5.74) is 0.529. The van der Waals surface area contributed by atoms with Crippen LogP contribution in [0, 0.1) is 0 Å². The first-order valence-electron chi connectivity index (χ1n) is 6.06. The zero-order valence-electron chi connectivity index (χ0n) is 11.5. The third kappa shape index (κ3) is 4.18. The van der Waals surface area contributed by atoms with E-state index in [4.69, 9.17) is 4.42 Å². The minimum absolute atomic E-state index is 0.00758. The van der Waals surface area contributed by atoms with E-state index in [0.29, 0.717) is 5.56 Å². The number of hydrogen-bond acceptors (Lipinski definition) is 7. The molecule has 0 radical (unpaired) electrons. The van der Waals surface area contributed by atoms with Crippen molar-refractivity contribution in [3.05, 3.63) is 42.4 Å². The molecule has 0 fully saturated rings. The van der Waals surface area contributed by atoms with Crippen molar-refractivity contribution >= 4 is 38.4 Å². The molecule has 0 unspecified atom stereocenters. The second-order valence-corrected chi connectivity index (χ2v) is 6.98. The number of ketones is 1. The quantitative estimate of drug-likeness (QED) is 0.801. The molecule has 0 saturated carbocycles. The van der Waals surface area contributed by atoms with E-state index in [1.807, 2.05) is 0 Å². The van der Waals surface area contributed by atoms with Gasteiger partial charge in [-0.1, -0.05) is 23.9 Å². The molecule has 0 amide bonds. The number of sulfonamides is 1. The number of carbonyl (C=O) groups is 2. The summed E-state index contributed by atoms with van der Waals surface area (Å²) in [6, 6.07) is 6.00. The average molecular weight is 340 g/mol. The second-order valence-electron chi connectivity index (χ2n) is 4.21. The maximum Gasteiger partial charge on any atom is 0.297 e. The lowest BCUT2D eigenvalue weighted by Gasteiger charge is -2.07. The molecule has 0 saturated heterocycles. The molecule has 0 bridgehead atoms. The van der Waals surface area contributed by atoms with Crippen molar-refractivity contribution in [2.45, 2.75) is 12.0 Å². The molecular formula is C13H12N2O5S2. The first-order chi connectivity index (χ1) is 10.4. The fourth-order valence-electron chi connectivity index (χ4n) is 1.55. The summed E-state index contributed by atoms with van der Waals surface area (Å²) < 4.78 is 31.0. The maximum atomic E-state index is 12.0. The van der Waals surface area contributed by atoms with Crippen molar-refractivity contribution in [2.75, 3.05) is 10.5 Å². The van der Waals surface area contributed by atoms with Gasteiger partial charge in [-0.15, -0.1) is 0 Å². The highest BCUT2D eigenvalue weighted by Crippen LogP contribution is 2.18. The van der Waals surface area contributed by atoms with Gasteiger partial charge in [0.1, 0.15) is 0 Å². The number of thioether (sulfide) groups is 1. The highest BCUT2D eigenvalue weighted by molar-refractivity contribution is 8.14. The van der Waals surface area contributed by atoms with Crippen LogP contribution in [0.2, 0.25) is 0 Å². The van der Waals surface area contributed by atoms with E-state index in [9.17, 15) is 18.0 Å². The van der Waals surface area contributed by atoms with Crippen molar-refractivity contribution in [2.24, 2.45) is 0 Å². The average Bonchev–Trinajstić information content (AvgIpc) is 2.99. The lowest BCUT2D eigenvalue weighted by molar-refractivity contribution is -0.109. The Morgan fingerprint density at radius 2 is 2.14 bits per heavy atom. The SMILES string of the molecule is CC(=O)SCC(=O)c1cccc(NS(=O)(=O)c2cnco2)c1. The molecule has 9 heteroatoms. The van der Waals surface area contributed by atoms with Gasteiger partial charge >= 0.3 is 0 Å². The largest absolute Gasteiger partial charge is 0.430 e. The Morgan fingerprint density at radius 1 is 1.36 bits per heavy atom. The number of hydrogen-bond donors (Lipinski definition) is 1. The molecular weight excluding hydrogens is 328 g/mol. The number of benzene rings is 1. The lowest BCUT2D eigenvalue weighted by atomic mass is 10.1. The predicted molar refractivity (Wildman–Crippen MR) is 81.2 cm³/mol. The van der Waals surface area contributed by atoms with E-state index >= 15 is 0 Å². The first kappa shape index (κ1) is 16.2. The van der Waals surface area contributed by atoms with Crippen LogP contribution in [0.4, 0.5) is 5.69 Å². The molecule has 1 aromatic carbocycles. The summed E-state index contributed by atoms with van der Waals surface area (Å²) >= 11 is 0.901. The van der Waals surface area contributed by atoms with Gasteiger partial charge < -0.3 is 4.42 Å². The van der Waals surface area contributed by atoms with Gasteiger partial charge in [-0.3, -0.25) is 14.3 Å². The zero-order chi connectivity index (χ0) is 16.2. The van der Waals surface area contributed by atoms with Gasteiger partial charge in [0, 0.05) is 18.2 Å². The summed E-state index contributed by atoms with van der Waals surface area (Å²) in [5.74, 6) is -0.255. The number of nitrogens with zero attached hydrogens (tertiary/aromatic N) is 1. The minimum atomic E-state index is -3.89. The van der Waals surface area contributed by atoms with Crippen LogP contribution < -0.4 is 4.72 Å². The number of oxazole rings is 1. The smallest absolute Gasteiger partial charge is 0.297 e. The van der Waals surface area contributed by atoms with E-state index in [0.717, 1.165) is 24.4 Å². The highest BCUT2D eigenvalue weighted by Gasteiger charge is 2.18. The predicted octanol–water partition coefficient (Wildman–Crippen LogP) is 1.94. The van der Waals surface area contributed by atoms with Crippen LogP contribution in [-0.2, 0) is 14.8 Å². The van der Waals surface area contributed by atoms with E-state index in [1.165, 1.54) is 19.1 Å². The third-order valence-electron chi connectivity index (χ3n) is 2.52.